The number of ether oxygens (including phenoxy) is 1. The molecule has 1 aromatic heterocycles. The van der Waals surface area contributed by atoms with Crippen molar-refractivity contribution < 1.29 is 9.84 Å². The summed E-state index contributed by atoms with van der Waals surface area (Å²) in [5, 5.41) is 12.4. The van der Waals surface area contributed by atoms with Crippen LogP contribution in [-0.4, -0.2) is 54.0 Å². The molecule has 0 spiro atoms. The van der Waals surface area contributed by atoms with E-state index >= 15 is 0 Å². The van der Waals surface area contributed by atoms with Gasteiger partial charge in [0.05, 0.1) is 19.3 Å². The fraction of sp³-hybridized carbons (Fsp3) is 0.667. The number of nitrogen functional groups attached to an aromatic ring is 1. The molecule has 106 valence electrons. The van der Waals surface area contributed by atoms with Crippen molar-refractivity contribution in [2.45, 2.75) is 19.4 Å². The molecule has 7 heteroatoms. The lowest BCUT2D eigenvalue weighted by atomic mass is 10.3. The fourth-order valence-electron chi connectivity index (χ4n) is 2.00. The molecule has 0 aromatic carbocycles. The number of aliphatic hydroxyl groups excluding tert-OH is 1. The molecule has 19 heavy (non-hydrogen) atoms. The highest BCUT2D eigenvalue weighted by molar-refractivity contribution is 5.52. The van der Waals surface area contributed by atoms with Gasteiger partial charge in [-0.1, -0.05) is 6.92 Å². The van der Waals surface area contributed by atoms with Crippen LogP contribution in [-0.2, 0) is 4.74 Å². The number of aromatic nitrogens is 2. The number of hydrogen-bond acceptors (Lipinski definition) is 7. The van der Waals surface area contributed by atoms with Gasteiger partial charge >= 0.3 is 0 Å². The third-order valence-electron chi connectivity index (χ3n) is 2.95. The summed E-state index contributed by atoms with van der Waals surface area (Å²) >= 11 is 0. The van der Waals surface area contributed by atoms with Gasteiger partial charge in [-0.2, -0.15) is 9.97 Å². The molecule has 1 aromatic rings. The first-order valence-electron chi connectivity index (χ1n) is 6.58. The monoisotopic (exact) mass is 267 g/mol. The van der Waals surface area contributed by atoms with E-state index in [1.165, 1.54) is 0 Å². The molecule has 1 saturated heterocycles. The van der Waals surface area contributed by atoms with Crippen molar-refractivity contribution >= 4 is 17.6 Å². The van der Waals surface area contributed by atoms with Crippen LogP contribution < -0.4 is 16.0 Å². The van der Waals surface area contributed by atoms with Gasteiger partial charge in [-0.25, -0.2) is 0 Å². The topological polar surface area (TPSA) is 96.5 Å². The van der Waals surface area contributed by atoms with Crippen LogP contribution in [0.5, 0.6) is 0 Å². The van der Waals surface area contributed by atoms with Crippen LogP contribution in [0, 0.1) is 0 Å². The van der Waals surface area contributed by atoms with Crippen LogP contribution in [0.15, 0.2) is 6.07 Å². The molecule has 2 heterocycles. The lowest BCUT2D eigenvalue weighted by Crippen LogP contribution is -2.44. The first-order valence-corrected chi connectivity index (χ1v) is 6.58. The van der Waals surface area contributed by atoms with Crippen molar-refractivity contribution in [3.8, 4) is 0 Å². The van der Waals surface area contributed by atoms with Crippen LogP contribution in [0.1, 0.15) is 13.3 Å². The van der Waals surface area contributed by atoms with E-state index in [-0.39, 0.29) is 18.7 Å². The minimum Gasteiger partial charge on any atom is -0.394 e. The molecule has 7 nitrogen and oxygen atoms in total. The smallest absolute Gasteiger partial charge is 0.223 e. The summed E-state index contributed by atoms with van der Waals surface area (Å²) in [6.45, 7) is 4.87. The van der Waals surface area contributed by atoms with Crippen molar-refractivity contribution in [1.82, 2.24) is 9.97 Å². The fourth-order valence-corrected chi connectivity index (χ4v) is 2.00. The van der Waals surface area contributed by atoms with Crippen molar-refractivity contribution in [3.63, 3.8) is 0 Å². The third-order valence-corrected chi connectivity index (χ3v) is 2.95. The van der Waals surface area contributed by atoms with E-state index in [9.17, 15) is 0 Å². The van der Waals surface area contributed by atoms with Gasteiger partial charge in [-0.15, -0.1) is 0 Å². The number of nitrogens with zero attached hydrogens (tertiary/aromatic N) is 3. The molecule has 0 saturated carbocycles. The molecule has 0 amide bonds. The summed E-state index contributed by atoms with van der Waals surface area (Å²) in [7, 11) is 0. The standard InChI is InChI=1S/C12H21N5O2/c1-2-3-14-10-6-11(16-12(13)15-10)17-4-5-19-9(7-17)8-18/h6,9,18H,2-5,7-8H2,1H3,(H3,13,14,15,16). The minimum absolute atomic E-state index is 0.0119. The van der Waals surface area contributed by atoms with E-state index in [2.05, 4.69) is 27.1 Å². The van der Waals surface area contributed by atoms with Gasteiger partial charge in [0, 0.05) is 25.7 Å². The van der Waals surface area contributed by atoms with Crippen molar-refractivity contribution in [2.75, 3.05) is 48.8 Å². The molecule has 4 N–H and O–H groups in total. The van der Waals surface area contributed by atoms with Gasteiger partial charge < -0.3 is 25.8 Å². The number of nitrogens with two attached hydrogens (primary N) is 1. The van der Waals surface area contributed by atoms with E-state index in [4.69, 9.17) is 15.6 Å². The van der Waals surface area contributed by atoms with E-state index < -0.39 is 0 Å². The number of nitrogens with one attached hydrogen (secondary N) is 1. The second-order valence-electron chi connectivity index (χ2n) is 4.52. The minimum atomic E-state index is -0.169. The molecule has 1 fully saturated rings. The summed E-state index contributed by atoms with van der Waals surface area (Å²) in [6, 6.07) is 1.88. The molecule has 1 atom stereocenters. The lowest BCUT2D eigenvalue weighted by Gasteiger charge is -2.33. The van der Waals surface area contributed by atoms with Crippen molar-refractivity contribution in [3.05, 3.63) is 6.07 Å². The summed E-state index contributed by atoms with van der Waals surface area (Å²) < 4.78 is 5.42. The van der Waals surface area contributed by atoms with Crippen LogP contribution in [0.4, 0.5) is 17.6 Å². The van der Waals surface area contributed by atoms with Gasteiger partial charge in [0.25, 0.3) is 0 Å². The summed E-state index contributed by atoms with van der Waals surface area (Å²) in [6.07, 6.45) is 0.848. The zero-order valence-electron chi connectivity index (χ0n) is 11.2. The van der Waals surface area contributed by atoms with E-state index in [0.29, 0.717) is 13.2 Å². The van der Waals surface area contributed by atoms with E-state index in [1.807, 2.05) is 6.07 Å². The zero-order valence-corrected chi connectivity index (χ0v) is 11.2. The van der Waals surface area contributed by atoms with Gasteiger partial charge in [0.1, 0.15) is 11.6 Å². The predicted octanol–water partition coefficient (Wildman–Crippen LogP) is 0.0782. The molecule has 1 unspecified atom stereocenters. The molecular formula is C12H21N5O2. The van der Waals surface area contributed by atoms with Gasteiger partial charge in [-0.05, 0) is 6.42 Å². The van der Waals surface area contributed by atoms with Crippen LogP contribution in [0.3, 0.4) is 0 Å². The number of hydrogen-bond donors (Lipinski definition) is 3. The predicted molar refractivity (Wildman–Crippen MR) is 74.3 cm³/mol. The summed E-state index contributed by atoms with van der Waals surface area (Å²) in [5.41, 5.74) is 5.74. The second kappa shape index (κ2) is 6.53. The Morgan fingerprint density at radius 3 is 3.16 bits per heavy atom. The number of rotatable bonds is 5. The van der Waals surface area contributed by atoms with Crippen LogP contribution in [0.25, 0.3) is 0 Å². The SMILES string of the molecule is CCCNc1cc(N2CCOC(CO)C2)nc(N)n1. The van der Waals surface area contributed by atoms with Crippen LogP contribution >= 0.6 is 0 Å². The summed E-state index contributed by atoms with van der Waals surface area (Å²) in [4.78, 5) is 10.5. The Hall–Kier alpha value is -1.60. The van der Waals surface area contributed by atoms with Crippen molar-refractivity contribution in [1.29, 1.82) is 0 Å². The maximum atomic E-state index is 9.16. The number of morpholine rings is 1. The number of aliphatic hydroxyl groups is 1. The highest BCUT2D eigenvalue weighted by Crippen LogP contribution is 2.19. The molecule has 0 aliphatic carbocycles. The lowest BCUT2D eigenvalue weighted by molar-refractivity contribution is 0.00337. The van der Waals surface area contributed by atoms with E-state index in [0.717, 1.165) is 31.1 Å². The average Bonchev–Trinajstić information content (AvgIpc) is 2.44. The van der Waals surface area contributed by atoms with E-state index in [1.54, 1.807) is 0 Å². The normalized spacial score (nSPS) is 19.5. The molecule has 0 radical (unpaired) electrons. The molecule has 2 rings (SSSR count). The Morgan fingerprint density at radius 1 is 1.58 bits per heavy atom. The van der Waals surface area contributed by atoms with Gasteiger partial charge in [-0.3, -0.25) is 0 Å². The first kappa shape index (κ1) is 13.8. The Bertz CT molecular complexity index is 415. The first-order chi connectivity index (χ1) is 9.22. The quantitative estimate of drug-likeness (QED) is 0.695. The Kier molecular flexibility index (Phi) is 4.75. The third kappa shape index (κ3) is 3.68. The van der Waals surface area contributed by atoms with Crippen LogP contribution in [0.2, 0.25) is 0 Å². The Morgan fingerprint density at radius 2 is 2.42 bits per heavy atom. The van der Waals surface area contributed by atoms with Gasteiger partial charge in [0.2, 0.25) is 5.95 Å². The molecule has 0 bridgehead atoms. The maximum Gasteiger partial charge on any atom is 0.223 e. The summed E-state index contributed by atoms with van der Waals surface area (Å²) in [5.74, 6) is 1.76. The second-order valence-corrected chi connectivity index (χ2v) is 4.52. The highest BCUT2D eigenvalue weighted by atomic mass is 16.5. The maximum absolute atomic E-state index is 9.16. The average molecular weight is 267 g/mol. The Balaban J connectivity index is 2.11. The zero-order chi connectivity index (χ0) is 13.7. The molecular weight excluding hydrogens is 246 g/mol. The highest BCUT2D eigenvalue weighted by Gasteiger charge is 2.21. The Labute approximate surface area is 112 Å². The van der Waals surface area contributed by atoms with Crippen molar-refractivity contribution in [2.24, 2.45) is 0 Å². The number of anilines is 3. The molecule has 1 aliphatic heterocycles. The largest absolute Gasteiger partial charge is 0.394 e. The van der Waals surface area contributed by atoms with Gasteiger partial charge in [0.15, 0.2) is 0 Å². The molecule has 1 aliphatic rings.